The van der Waals surface area contributed by atoms with E-state index < -0.39 is 0 Å². The van der Waals surface area contributed by atoms with E-state index in [9.17, 15) is 0 Å². The van der Waals surface area contributed by atoms with Gasteiger partial charge >= 0.3 is 0 Å². The highest BCUT2D eigenvalue weighted by molar-refractivity contribution is 5.41. The molecule has 3 nitrogen and oxygen atoms in total. The molecular weight excluding hydrogens is 238 g/mol. The molecule has 1 aromatic carbocycles. The van der Waals surface area contributed by atoms with Crippen LogP contribution in [0.3, 0.4) is 0 Å². The van der Waals surface area contributed by atoms with Crippen LogP contribution in [0.15, 0.2) is 18.2 Å². The molecule has 0 aliphatic rings. The molecule has 0 spiro atoms. The van der Waals surface area contributed by atoms with Crippen LogP contribution >= 0.6 is 0 Å². The SMILES string of the molecule is C#CCCCOc1cc(OCCC)ccc1CCN. The Morgan fingerprint density at radius 3 is 2.79 bits per heavy atom. The quantitative estimate of drug-likeness (QED) is 0.549. The summed E-state index contributed by atoms with van der Waals surface area (Å²) in [5.74, 6) is 4.31. The van der Waals surface area contributed by atoms with Crippen molar-refractivity contribution in [2.75, 3.05) is 19.8 Å². The van der Waals surface area contributed by atoms with Gasteiger partial charge < -0.3 is 15.2 Å². The highest BCUT2D eigenvalue weighted by Gasteiger charge is 2.05. The third kappa shape index (κ3) is 5.67. The minimum absolute atomic E-state index is 0.607. The molecule has 0 aliphatic carbocycles. The zero-order valence-corrected chi connectivity index (χ0v) is 11.7. The summed E-state index contributed by atoms with van der Waals surface area (Å²) in [5, 5.41) is 0. The molecule has 0 saturated heterocycles. The molecule has 1 rings (SSSR count). The van der Waals surface area contributed by atoms with Gasteiger partial charge in [0.15, 0.2) is 0 Å². The van der Waals surface area contributed by atoms with Crippen molar-refractivity contribution in [3.8, 4) is 23.8 Å². The van der Waals surface area contributed by atoms with Gasteiger partial charge in [-0.1, -0.05) is 13.0 Å². The summed E-state index contributed by atoms with van der Waals surface area (Å²) in [4.78, 5) is 0. The second-order valence-corrected chi connectivity index (χ2v) is 4.31. The number of ether oxygens (including phenoxy) is 2. The predicted octanol–water partition coefficient (Wildman–Crippen LogP) is 2.77. The largest absolute Gasteiger partial charge is 0.493 e. The third-order valence-corrected chi connectivity index (χ3v) is 2.65. The fourth-order valence-corrected chi connectivity index (χ4v) is 1.70. The molecule has 0 aromatic heterocycles. The number of nitrogens with two attached hydrogens (primary N) is 1. The lowest BCUT2D eigenvalue weighted by molar-refractivity contribution is 0.297. The van der Waals surface area contributed by atoms with Crippen molar-refractivity contribution in [1.29, 1.82) is 0 Å². The van der Waals surface area contributed by atoms with Gasteiger partial charge in [-0.15, -0.1) is 12.3 Å². The molecule has 0 saturated carbocycles. The number of terminal acetylenes is 1. The summed E-state index contributed by atoms with van der Waals surface area (Å²) in [6.45, 7) is 4.03. The van der Waals surface area contributed by atoms with Gasteiger partial charge in [0.25, 0.3) is 0 Å². The maximum absolute atomic E-state index is 5.78. The molecule has 0 aliphatic heterocycles. The molecule has 0 amide bonds. The van der Waals surface area contributed by atoms with E-state index in [0.29, 0.717) is 19.8 Å². The average molecular weight is 261 g/mol. The summed E-state index contributed by atoms with van der Waals surface area (Å²) in [5.41, 5.74) is 6.73. The normalized spacial score (nSPS) is 9.95. The number of hydrogen-bond donors (Lipinski definition) is 1. The van der Waals surface area contributed by atoms with Crippen molar-refractivity contribution < 1.29 is 9.47 Å². The smallest absolute Gasteiger partial charge is 0.126 e. The summed E-state index contributed by atoms with van der Waals surface area (Å²) in [7, 11) is 0. The molecule has 104 valence electrons. The molecule has 0 atom stereocenters. The number of benzene rings is 1. The highest BCUT2D eigenvalue weighted by Crippen LogP contribution is 2.25. The number of hydrogen-bond acceptors (Lipinski definition) is 3. The van der Waals surface area contributed by atoms with E-state index >= 15 is 0 Å². The fraction of sp³-hybridized carbons (Fsp3) is 0.500. The first-order valence-electron chi connectivity index (χ1n) is 6.83. The van der Waals surface area contributed by atoms with Gasteiger partial charge in [0.1, 0.15) is 11.5 Å². The van der Waals surface area contributed by atoms with Crippen LogP contribution in [0.25, 0.3) is 0 Å². The molecule has 19 heavy (non-hydrogen) atoms. The second kappa shape index (κ2) is 9.29. The van der Waals surface area contributed by atoms with Crippen LogP contribution in [-0.4, -0.2) is 19.8 Å². The van der Waals surface area contributed by atoms with Crippen LogP contribution in [0, 0.1) is 12.3 Å². The van der Waals surface area contributed by atoms with Crippen molar-refractivity contribution in [3.63, 3.8) is 0 Å². The standard InChI is InChI=1S/C16H23NO2/c1-3-5-6-12-19-16-13-15(18-11-4-2)8-7-14(16)9-10-17/h1,7-8,13H,4-6,9-12,17H2,2H3. The summed E-state index contributed by atoms with van der Waals surface area (Å²) in [6, 6.07) is 5.93. The van der Waals surface area contributed by atoms with Gasteiger partial charge in [-0.2, -0.15) is 0 Å². The molecule has 0 fully saturated rings. The lowest BCUT2D eigenvalue weighted by Gasteiger charge is -2.13. The first-order valence-corrected chi connectivity index (χ1v) is 6.83. The van der Waals surface area contributed by atoms with Crippen molar-refractivity contribution in [3.05, 3.63) is 23.8 Å². The van der Waals surface area contributed by atoms with E-state index in [1.807, 2.05) is 18.2 Å². The number of unbranched alkanes of at least 4 members (excludes halogenated alkanes) is 1. The Balaban J connectivity index is 2.68. The van der Waals surface area contributed by atoms with Gasteiger partial charge in [-0.05, 0) is 37.4 Å². The zero-order valence-electron chi connectivity index (χ0n) is 11.7. The van der Waals surface area contributed by atoms with Gasteiger partial charge in [-0.3, -0.25) is 0 Å². The monoisotopic (exact) mass is 261 g/mol. The maximum Gasteiger partial charge on any atom is 0.126 e. The Hall–Kier alpha value is -1.66. The highest BCUT2D eigenvalue weighted by atomic mass is 16.5. The fourth-order valence-electron chi connectivity index (χ4n) is 1.70. The predicted molar refractivity (Wildman–Crippen MR) is 78.5 cm³/mol. The van der Waals surface area contributed by atoms with Crippen molar-refractivity contribution in [2.45, 2.75) is 32.6 Å². The Morgan fingerprint density at radius 1 is 1.26 bits per heavy atom. The van der Waals surface area contributed by atoms with Crippen LogP contribution in [0.5, 0.6) is 11.5 Å². The molecule has 2 N–H and O–H groups in total. The van der Waals surface area contributed by atoms with Gasteiger partial charge in [-0.25, -0.2) is 0 Å². The molecular formula is C16H23NO2. The lowest BCUT2D eigenvalue weighted by Crippen LogP contribution is -2.06. The van der Waals surface area contributed by atoms with Crippen LogP contribution < -0.4 is 15.2 Å². The summed E-state index contributed by atoms with van der Waals surface area (Å²) < 4.78 is 11.4. The molecule has 0 heterocycles. The van der Waals surface area contributed by atoms with Crippen LogP contribution in [0.4, 0.5) is 0 Å². The van der Waals surface area contributed by atoms with E-state index in [0.717, 1.165) is 42.7 Å². The molecule has 0 unspecified atom stereocenters. The Morgan fingerprint density at radius 2 is 2.11 bits per heavy atom. The third-order valence-electron chi connectivity index (χ3n) is 2.65. The topological polar surface area (TPSA) is 44.5 Å². The van der Waals surface area contributed by atoms with E-state index in [4.69, 9.17) is 21.6 Å². The molecule has 3 heteroatoms. The maximum atomic E-state index is 5.78. The van der Waals surface area contributed by atoms with E-state index in [1.54, 1.807) is 0 Å². The van der Waals surface area contributed by atoms with E-state index in [-0.39, 0.29) is 0 Å². The van der Waals surface area contributed by atoms with Crippen LogP contribution in [0.1, 0.15) is 31.7 Å². The second-order valence-electron chi connectivity index (χ2n) is 4.31. The first-order chi connectivity index (χ1) is 9.31. The minimum atomic E-state index is 0.607. The number of rotatable bonds is 9. The first kappa shape index (κ1) is 15.4. The molecule has 0 radical (unpaired) electrons. The Bertz CT molecular complexity index is 410. The van der Waals surface area contributed by atoms with Crippen molar-refractivity contribution in [2.24, 2.45) is 5.73 Å². The lowest BCUT2D eigenvalue weighted by atomic mass is 10.1. The van der Waals surface area contributed by atoms with Gasteiger partial charge in [0, 0.05) is 12.5 Å². The zero-order chi connectivity index (χ0) is 13.9. The van der Waals surface area contributed by atoms with Crippen LogP contribution in [0.2, 0.25) is 0 Å². The van der Waals surface area contributed by atoms with Gasteiger partial charge in [0.05, 0.1) is 13.2 Å². The Labute approximate surface area is 116 Å². The average Bonchev–Trinajstić information content (AvgIpc) is 2.43. The minimum Gasteiger partial charge on any atom is -0.493 e. The molecule has 1 aromatic rings. The summed E-state index contributed by atoms with van der Waals surface area (Å²) in [6.07, 6.45) is 8.61. The van der Waals surface area contributed by atoms with Crippen molar-refractivity contribution >= 4 is 0 Å². The van der Waals surface area contributed by atoms with E-state index in [2.05, 4.69) is 12.8 Å². The van der Waals surface area contributed by atoms with E-state index in [1.165, 1.54) is 0 Å². The van der Waals surface area contributed by atoms with Crippen molar-refractivity contribution in [1.82, 2.24) is 0 Å². The molecule has 0 bridgehead atoms. The van der Waals surface area contributed by atoms with Gasteiger partial charge in [0.2, 0.25) is 0 Å². The summed E-state index contributed by atoms with van der Waals surface area (Å²) >= 11 is 0. The van der Waals surface area contributed by atoms with Crippen LogP contribution in [-0.2, 0) is 6.42 Å². The Kier molecular flexibility index (Phi) is 7.53.